The number of thioether (sulfide) groups is 1. The molecule has 6 nitrogen and oxygen atoms in total. The van der Waals surface area contributed by atoms with Crippen molar-refractivity contribution in [1.82, 2.24) is 19.7 Å². The van der Waals surface area contributed by atoms with E-state index >= 15 is 0 Å². The number of rotatable bonds is 4. The molecule has 5 rings (SSSR count). The van der Waals surface area contributed by atoms with E-state index in [0.717, 1.165) is 22.3 Å². The second-order valence-corrected chi connectivity index (χ2v) is 8.01. The molecule has 1 N–H and O–H groups in total. The highest BCUT2D eigenvalue weighted by Crippen LogP contribution is 2.35. The maximum absolute atomic E-state index is 12.1. The molecule has 2 aromatic heterocycles. The predicted octanol–water partition coefficient (Wildman–Crippen LogP) is 4.21. The number of fused-ring (bicyclic) bond motifs is 1. The molecule has 0 bridgehead atoms. The van der Waals surface area contributed by atoms with Gasteiger partial charge in [0, 0.05) is 23.0 Å². The second-order valence-electron chi connectivity index (χ2n) is 6.84. The minimum Gasteiger partial charge on any atom is -0.462 e. The van der Waals surface area contributed by atoms with Crippen LogP contribution in [-0.4, -0.2) is 37.1 Å². The largest absolute Gasteiger partial charge is 0.462 e. The standard InChI is InChI=1S/C21H18N4O2S/c1-13-11-18(20(26)27-13)28-21-24-23-19(25(21)15-8-3-2-4-9-15)17-12-14-7-5-6-10-16(14)22-17/h2-10,12-13,18,22H,11H2,1H3/t13-,18+/m0/s1. The molecule has 140 valence electrons. The van der Waals surface area contributed by atoms with Crippen molar-refractivity contribution in [2.45, 2.75) is 29.9 Å². The van der Waals surface area contributed by atoms with Gasteiger partial charge in [0.25, 0.3) is 0 Å². The fourth-order valence-electron chi connectivity index (χ4n) is 3.47. The van der Waals surface area contributed by atoms with Crippen LogP contribution in [0.15, 0.2) is 65.8 Å². The molecule has 0 radical (unpaired) electrons. The van der Waals surface area contributed by atoms with Crippen molar-refractivity contribution < 1.29 is 9.53 Å². The second kappa shape index (κ2) is 6.83. The molecule has 3 heterocycles. The third kappa shape index (κ3) is 2.97. The molecule has 2 atom stereocenters. The minimum atomic E-state index is -0.266. The van der Waals surface area contributed by atoms with Crippen LogP contribution in [0.5, 0.6) is 0 Å². The summed E-state index contributed by atoms with van der Waals surface area (Å²) >= 11 is 1.41. The van der Waals surface area contributed by atoms with Gasteiger partial charge in [-0.2, -0.15) is 0 Å². The van der Waals surface area contributed by atoms with Crippen LogP contribution in [0.2, 0.25) is 0 Å². The lowest BCUT2D eigenvalue weighted by molar-refractivity contribution is -0.140. The maximum Gasteiger partial charge on any atom is 0.319 e. The van der Waals surface area contributed by atoms with Crippen LogP contribution in [0.3, 0.4) is 0 Å². The number of nitrogens with zero attached hydrogens (tertiary/aromatic N) is 3. The summed E-state index contributed by atoms with van der Waals surface area (Å²) < 4.78 is 7.29. The Balaban J connectivity index is 1.61. The van der Waals surface area contributed by atoms with E-state index in [1.54, 1.807) is 0 Å². The van der Waals surface area contributed by atoms with Crippen molar-refractivity contribution in [2.24, 2.45) is 0 Å². The lowest BCUT2D eigenvalue weighted by Gasteiger charge is -2.10. The van der Waals surface area contributed by atoms with Gasteiger partial charge >= 0.3 is 5.97 Å². The zero-order valence-corrected chi connectivity index (χ0v) is 16.0. The zero-order valence-electron chi connectivity index (χ0n) is 15.2. The van der Waals surface area contributed by atoms with Gasteiger partial charge in [-0.1, -0.05) is 48.2 Å². The van der Waals surface area contributed by atoms with Gasteiger partial charge in [0.1, 0.15) is 11.4 Å². The first-order valence-electron chi connectivity index (χ1n) is 9.15. The Hall–Kier alpha value is -3.06. The monoisotopic (exact) mass is 390 g/mol. The van der Waals surface area contributed by atoms with Crippen LogP contribution in [0.4, 0.5) is 0 Å². The predicted molar refractivity (Wildman–Crippen MR) is 108 cm³/mol. The molecule has 4 aromatic rings. The molecule has 0 saturated carbocycles. The lowest BCUT2D eigenvalue weighted by atomic mass is 10.2. The number of nitrogens with one attached hydrogen (secondary N) is 1. The number of hydrogen-bond donors (Lipinski definition) is 1. The summed E-state index contributed by atoms with van der Waals surface area (Å²) in [6, 6.07) is 20.1. The number of para-hydroxylation sites is 2. The van der Waals surface area contributed by atoms with E-state index in [-0.39, 0.29) is 17.3 Å². The number of benzene rings is 2. The van der Waals surface area contributed by atoms with Crippen molar-refractivity contribution in [3.05, 3.63) is 60.7 Å². The molecular weight excluding hydrogens is 372 g/mol. The SMILES string of the molecule is C[C@H]1C[C@@H](Sc2nnc(-c3cc4ccccc4[nH]3)n2-c2ccccc2)C(=O)O1. The highest BCUT2D eigenvalue weighted by molar-refractivity contribution is 8.00. The van der Waals surface area contributed by atoms with Gasteiger partial charge in [-0.3, -0.25) is 9.36 Å². The van der Waals surface area contributed by atoms with Crippen molar-refractivity contribution in [3.63, 3.8) is 0 Å². The molecule has 1 fully saturated rings. The van der Waals surface area contributed by atoms with E-state index in [1.165, 1.54) is 11.8 Å². The molecule has 1 aliphatic rings. The molecule has 7 heteroatoms. The first-order valence-corrected chi connectivity index (χ1v) is 10.0. The van der Waals surface area contributed by atoms with Gasteiger partial charge < -0.3 is 9.72 Å². The number of ether oxygens (including phenoxy) is 1. The van der Waals surface area contributed by atoms with Gasteiger partial charge in [0.05, 0.1) is 5.69 Å². The van der Waals surface area contributed by atoms with Crippen molar-refractivity contribution in [1.29, 1.82) is 0 Å². The summed E-state index contributed by atoms with van der Waals surface area (Å²) in [6.45, 7) is 1.91. The van der Waals surface area contributed by atoms with Crippen molar-refractivity contribution in [3.8, 4) is 17.2 Å². The van der Waals surface area contributed by atoms with Crippen LogP contribution in [0.25, 0.3) is 28.1 Å². The Kier molecular flexibility index (Phi) is 4.16. The van der Waals surface area contributed by atoms with E-state index in [2.05, 4.69) is 27.3 Å². The highest BCUT2D eigenvalue weighted by atomic mass is 32.2. The van der Waals surface area contributed by atoms with Crippen LogP contribution in [0.1, 0.15) is 13.3 Å². The molecular formula is C21H18N4O2S. The topological polar surface area (TPSA) is 72.8 Å². The van der Waals surface area contributed by atoms with E-state index in [9.17, 15) is 4.79 Å². The average Bonchev–Trinajstić information content (AvgIpc) is 3.39. The quantitative estimate of drug-likeness (QED) is 0.529. The molecule has 1 saturated heterocycles. The Morgan fingerprint density at radius 3 is 2.64 bits per heavy atom. The fourth-order valence-corrected chi connectivity index (χ4v) is 4.63. The number of aromatic nitrogens is 4. The molecule has 1 aliphatic heterocycles. The third-order valence-electron chi connectivity index (χ3n) is 4.79. The van der Waals surface area contributed by atoms with E-state index in [1.807, 2.05) is 60.0 Å². The van der Waals surface area contributed by atoms with Gasteiger partial charge in [0.2, 0.25) is 0 Å². The number of carbonyl (C=O) groups is 1. The number of hydrogen-bond acceptors (Lipinski definition) is 5. The Bertz CT molecular complexity index is 1120. The van der Waals surface area contributed by atoms with E-state index in [0.29, 0.717) is 17.4 Å². The summed E-state index contributed by atoms with van der Waals surface area (Å²) in [5.74, 6) is 0.525. The number of H-pyrrole nitrogens is 1. The molecule has 0 amide bonds. The Labute approximate surface area is 165 Å². The van der Waals surface area contributed by atoms with Crippen LogP contribution in [0, 0.1) is 0 Å². The molecule has 0 spiro atoms. The van der Waals surface area contributed by atoms with Gasteiger partial charge in [-0.15, -0.1) is 10.2 Å². The third-order valence-corrected chi connectivity index (χ3v) is 5.94. The summed E-state index contributed by atoms with van der Waals surface area (Å²) in [6.07, 6.45) is 0.610. The number of aromatic amines is 1. The molecule has 28 heavy (non-hydrogen) atoms. The zero-order chi connectivity index (χ0) is 19.1. The van der Waals surface area contributed by atoms with Gasteiger partial charge in [0.15, 0.2) is 11.0 Å². The minimum absolute atomic E-state index is 0.0636. The van der Waals surface area contributed by atoms with Crippen LogP contribution in [-0.2, 0) is 9.53 Å². The smallest absolute Gasteiger partial charge is 0.319 e. The van der Waals surface area contributed by atoms with Crippen molar-refractivity contribution >= 4 is 28.6 Å². The van der Waals surface area contributed by atoms with Gasteiger partial charge in [-0.25, -0.2) is 0 Å². The first kappa shape index (κ1) is 17.1. The lowest BCUT2D eigenvalue weighted by Crippen LogP contribution is -2.11. The molecule has 0 unspecified atom stereocenters. The maximum atomic E-state index is 12.1. The van der Waals surface area contributed by atoms with Gasteiger partial charge in [-0.05, 0) is 31.2 Å². The molecule has 2 aromatic carbocycles. The number of cyclic esters (lactones) is 1. The normalized spacial score (nSPS) is 19.2. The fraction of sp³-hybridized carbons (Fsp3) is 0.190. The molecule has 0 aliphatic carbocycles. The van der Waals surface area contributed by atoms with Crippen LogP contribution < -0.4 is 0 Å². The summed E-state index contributed by atoms with van der Waals surface area (Å²) in [5.41, 5.74) is 2.87. The Morgan fingerprint density at radius 1 is 1.11 bits per heavy atom. The summed E-state index contributed by atoms with van der Waals surface area (Å²) in [7, 11) is 0. The van der Waals surface area contributed by atoms with E-state index in [4.69, 9.17) is 4.74 Å². The average molecular weight is 390 g/mol. The summed E-state index contributed by atoms with van der Waals surface area (Å²) in [4.78, 5) is 15.5. The van der Waals surface area contributed by atoms with Crippen LogP contribution >= 0.6 is 11.8 Å². The first-order chi connectivity index (χ1) is 13.7. The highest BCUT2D eigenvalue weighted by Gasteiger charge is 2.34. The Morgan fingerprint density at radius 2 is 1.89 bits per heavy atom. The van der Waals surface area contributed by atoms with Crippen molar-refractivity contribution in [2.75, 3.05) is 0 Å². The summed E-state index contributed by atoms with van der Waals surface area (Å²) in [5, 5.41) is 10.4. The number of esters is 1. The number of carbonyl (C=O) groups excluding carboxylic acids is 1. The van der Waals surface area contributed by atoms with E-state index < -0.39 is 0 Å².